The standard InChI is InChI=1S/C12H15NO4/c1-2-6-11(14)17-13-12(15)16-9-10-7-4-3-5-8-10/h3-5,7-8H,2,6,9H2,1H3,(H,13,15). The second kappa shape index (κ2) is 7.27. The lowest BCUT2D eigenvalue weighted by atomic mass is 10.2. The first-order valence-electron chi connectivity index (χ1n) is 5.38. The van der Waals surface area contributed by atoms with Crippen LogP contribution in [0.15, 0.2) is 30.3 Å². The van der Waals surface area contributed by atoms with Crippen molar-refractivity contribution in [2.45, 2.75) is 26.4 Å². The molecule has 0 fully saturated rings. The summed E-state index contributed by atoms with van der Waals surface area (Å²) in [6, 6.07) is 9.22. The van der Waals surface area contributed by atoms with Crippen LogP contribution in [0.25, 0.3) is 0 Å². The first-order chi connectivity index (χ1) is 8.22. The molecular formula is C12H15NO4. The number of rotatable bonds is 4. The van der Waals surface area contributed by atoms with Crippen molar-refractivity contribution >= 4 is 12.1 Å². The lowest BCUT2D eigenvalue weighted by Gasteiger charge is -2.06. The van der Waals surface area contributed by atoms with Gasteiger partial charge in [-0.15, -0.1) is 5.48 Å². The van der Waals surface area contributed by atoms with Crippen molar-refractivity contribution in [3.8, 4) is 0 Å². The highest BCUT2D eigenvalue weighted by Crippen LogP contribution is 2.00. The molecule has 0 unspecified atom stereocenters. The number of hydrogen-bond donors (Lipinski definition) is 1. The summed E-state index contributed by atoms with van der Waals surface area (Å²) < 4.78 is 4.83. The van der Waals surface area contributed by atoms with Crippen LogP contribution in [-0.4, -0.2) is 12.1 Å². The number of carbonyl (C=O) groups excluding carboxylic acids is 2. The van der Waals surface area contributed by atoms with Crippen LogP contribution in [0.2, 0.25) is 0 Å². The largest absolute Gasteiger partial charge is 0.443 e. The van der Waals surface area contributed by atoms with Crippen LogP contribution in [0.4, 0.5) is 4.79 Å². The molecule has 0 saturated heterocycles. The minimum absolute atomic E-state index is 0.137. The predicted octanol–water partition coefficient (Wildman–Crippen LogP) is 2.17. The van der Waals surface area contributed by atoms with E-state index >= 15 is 0 Å². The third-order valence-corrected chi connectivity index (χ3v) is 1.92. The van der Waals surface area contributed by atoms with Crippen LogP contribution in [0.5, 0.6) is 0 Å². The fourth-order valence-electron chi connectivity index (χ4n) is 1.11. The molecule has 0 aromatic heterocycles. The van der Waals surface area contributed by atoms with E-state index in [0.29, 0.717) is 6.42 Å². The number of hydroxylamine groups is 1. The third kappa shape index (κ3) is 5.55. The van der Waals surface area contributed by atoms with Crippen molar-refractivity contribution in [1.29, 1.82) is 0 Å². The van der Waals surface area contributed by atoms with Crippen LogP contribution in [0.3, 0.4) is 0 Å². The molecule has 0 bridgehead atoms. The highest BCUT2D eigenvalue weighted by atomic mass is 16.7. The molecule has 1 amide bonds. The molecule has 1 N–H and O–H groups in total. The maximum absolute atomic E-state index is 11.1. The molecule has 5 nitrogen and oxygen atoms in total. The van der Waals surface area contributed by atoms with Crippen molar-refractivity contribution in [1.82, 2.24) is 5.48 Å². The highest BCUT2D eigenvalue weighted by Gasteiger charge is 2.06. The quantitative estimate of drug-likeness (QED) is 0.815. The summed E-state index contributed by atoms with van der Waals surface area (Å²) in [7, 11) is 0. The van der Waals surface area contributed by atoms with E-state index in [1.165, 1.54) is 0 Å². The van der Waals surface area contributed by atoms with Gasteiger partial charge in [-0.3, -0.25) is 0 Å². The van der Waals surface area contributed by atoms with Gasteiger partial charge in [0.1, 0.15) is 6.61 Å². The van der Waals surface area contributed by atoms with Gasteiger partial charge in [-0.2, -0.15) is 0 Å². The van der Waals surface area contributed by atoms with E-state index in [-0.39, 0.29) is 13.0 Å². The Hall–Kier alpha value is -2.04. The van der Waals surface area contributed by atoms with Crippen molar-refractivity contribution in [2.24, 2.45) is 0 Å². The van der Waals surface area contributed by atoms with Gasteiger partial charge in [0.2, 0.25) is 0 Å². The Morgan fingerprint density at radius 2 is 1.94 bits per heavy atom. The minimum atomic E-state index is -0.779. The van der Waals surface area contributed by atoms with Gasteiger partial charge >= 0.3 is 12.1 Å². The SMILES string of the molecule is CCCC(=O)ONC(=O)OCc1ccccc1. The molecule has 5 heteroatoms. The van der Waals surface area contributed by atoms with Crippen molar-refractivity contribution in [3.05, 3.63) is 35.9 Å². The summed E-state index contributed by atoms with van der Waals surface area (Å²) in [6.45, 7) is 1.98. The lowest BCUT2D eigenvalue weighted by Crippen LogP contribution is -2.27. The fraction of sp³-hybridized carbons (Fsp3) is 0.333. The molecule has 92 valence electrons. The Labute approximate surface area is 99.7 Å². The molecule has 1 aromatic carbocycles. The van der Waals surface area contributed by atoms with Gasteiger partial charge in [0, 0.05) is 6.42 Å². The van der Waals surface area contributed by atoms with Crippen molar-refractivity contribution < 1.29 is 19.2 Å². The monoisotopic (exact) mass is 237 g/mol. The van der Waals surface area contributed by atoms with Gasteiger partial charge in [0.05, 0.1) is 0 Å². The van der Waals surface area contributed by atoms with E-state index in [1.807, 2.05) is 42.7 Å². The number of amides is 1. The zero-order chi connectivity index (χ0) is 12.5. The van der Waals surface area contributed by atoms with Crippen molar-refractivity contribution in [3.63, 3.8) is 0 Å². The summed E-state index contributed by atoms with van der Waals surface area (Å²) in [4.78, 5) is 26.5. The predicted molar refractivity (Wildman–Crippen MR) is 60.8 cm³/mol. The highest BCUT2D eigenvalue weighted by molar-refractivity contribution is 5.72. The van der Waals surface area contributed by atoms with E-state index in [9.17, 15) is 9.59 Å². The normalized spacial score (nSPS) is 9.47. The summed E-state index contributed by atoms with van der Waals surface area (Å²) in [6.07, 6.45) is 0.150. The topological polar surface area (TPSA) is 64.6 Å². The van der Waals surface area contributed by atoms with Gasteiger partial charge in [-0.1, -0.05) is 37.3 Å². The Balaban J connectivity index is 2.20. The molecule has 1 rings (SSSR count). The molecule has 0 heterocycles. The second-order valence-electron chi connectivity index (χ2n) is 3.39. The van der Waals surface area contributed by atoms with E-state index in [2.05, 4.69) is 4.84 Å². The molecule has 0 aliphatic rings. The number of carbonyl (C=O) groups is 2. The first kappa shape index (κ1) is 13.0. The first-order valence-corrected chi connectivity index (χ1v) is 5.38. The minimum Gasteiger partial charge on any atom is -0.443 e. The maximum Gasteiger partial charge on any atom is 0.441 e. The van der Waals surface area contributed by atoms with E-state index in [4.69, 9.17) is 4.74 Å². The number of benzene rings is 1. The summed E-state index contributed by atoms with van der Waals surface area (Å²) >= 11 is 0. The van der Waals surface area contributed by atoms with Gasteiger partial charge in [0.15, 0.2) is 0 Å². The summed E-state index contributed by atoms with van der Waals surface area (Å²) in [5, 5.41) is 0. The van der Waals surface area contributed by atoms with Gasteiger partial charge < -0.3 is 9.57 Å². The molecule has 0 atom stereocenters. The lowest BCUT2D eigenvalue weighted by molar-refractivity contribution is -0.149. The van der Waals surface area contributed by atoms with Crippen LogP contribution >= 0.6 is 0 Å². The van der Waals surface area contributed by atoms with Crippen LogP contribution in [0.1, 0.15) is 25.3 Å². The Morgan fingerprint density at radius 1 is 1.24 bits per heavy atom. The zero-order valence-electron chi connectivity index (χ0n) is 9.64. The van der Waals surface area contributed by atoms with Gasteiger partial charge in [-0.25, -0.2) is 9.59 Å². The Morgan fingerprint density at radius 3 is 2.59 bits per heavy atom. The van der Waals surface area contributed by atoms with Gasteiger partial charge in [0.25, 0.3) is 0 Å². The molecule has 0 aliphatic heterocycles. The average Bonchev–Trinajstić information content (AvgIpc) is 2.35. The third-order valence-electron chi connectivity index (χ3n) is 1.92. The molecule has 0 radical (unpaired) electrons. The van der Waals surface area contributed by atoms with E-state index < -0.39 is 12.1 Å². The van der Waals surface area contributed by atoms with Crippen LogP contribution < -0.4 is 5.48 Å². The summed E-state index contributed by atoms with van der Waals surface area (Å²) in [5.41, 5.74) is 2.79. The number of nitrogens with one attached hydrogen (secondary N) is 1. The average molecular weight is 237 g/mol. The fourth-order valence-corrected chi connectivity index (χ4v) is 1.11. The number of ether oxygens (including phenoxy) is 1. The van der Waals surface area contributed by atoms with E-state index in [0.717, 1.165) is 5.56 Å². The molecule has 1 aromatic rings. The van der Waals surface area contributed by atoms with Crippen LogP contribution in [0, 0.1) is 0 Å². The molecule has 0 spiro atoms. The Kier molecular flexibility index (Phi) is 5.57. The van der Waals surface area contributed by atoms with Crippen LogP contribution in [-0.2, 0) is 21.0 Å². The summed E-state index contributed by atoms with van der Waals surface area (Å²) in [5.74, 6) is -0.482. The second-order valence-corrected chi connectivity index (χ2v) is 3.39. The molecular weight excluding hydrogens is 222 g/mol. The van der Waals surface area contributed by atoms with E-state index in [1.54, 1.807) is 0 Å². The molecule has 0 saturated carbocycles. The Bertz CT molecular complexity index is 364. The molecule has 0 aliphatic carbocycles. The smallest absolute Gasteiger partial charge is 0.441 e. The van der Waals surface area contributed by atoms with Crippen molar-refractivity contribution in [2.75, 3.05) is 0 Å². The maximum atomic E-state index is 11.1. The zero-order valence-corrected chi connectivity index (χ0v) is 9.64. The number of hydrogen-bond acceptors (Lipinski definition) is 4. The van der Waals surface area contributed by atoms with Gasteiger partial charge in [-0.05, 0) is 12.0 Å². The molecule has 17 heavy (non-hydrogen) atoms.